The Bertz CT molecular complexity index is 1280. The molecule has 0 saturated heterocycles. The third kappa shape index (κ3) is 5.43. The Balaban J connectivity index is 1.87. The normalized spacial score (nSPS) is 11.1. The van der Waals surface area contributed by atoms with Crippen molar-refractivity contribution >= 4 is 34.7 Å². The van der Waals surface area contributed by atoms with Crippen LogP contribution >= 0.6 is 0 Å². The quantitative estimate of drug-likeness (QED) is 0.202. The fourth-order valence-corrected chi connectivity index (χ4v) is 3.12. The van der Waals surface area contributed by atoms with Gasteiger partial charge in [-0.05, 0) is 67.8 Å². The van der Waals surface area contributed by atoms with Crippen molar-refractivity contribution in [2.24, 2.45) is 5.10 Å². The van der Waals surface area contributed by atoms with Gasteiger partial charge in [-0.1, -0.05) is 30.3 Å². The predicted molar refractivity (Wildman–Crippen MR) is 130 cm³/mol. The number of carbonyl (C=O) groups is 2. The Hall–Kier alpha value is -4.46. The summed E-state index contributed by atoms with van der Waals surface area (Å²) in [5.74, 6) is -1.81. The van der Waals surface area contributed by atoms with E-state index in [2.05, 4.69) is 15.8 Å². The standard InChI is InChI=1S/C25H24N4O4/c1-14-10-11-19(12-15(14)2)27-24(31)22(16(3)26)29-28-21-9-5-8-20(23(21)30)17-6-4-7-18(13-17)25(32)33/h4-13,26,28,30H,1-3H3,(H,27,31)(H,32,33)/b26-16?,29-22-. The van der Waals surface area contributed by atoms with E-state index in [-0.39, 0.29) is 28.4 Å². The number of aromatic carboxylic acids is 1. The van der Waals surface area contributed by atoms with Gasteiger partial charge in [0.2, 0.25) is 0 Å². The highest BCUT2D eigenvalue weighted by molar-refractivity contribution is 6.67. The molecule has 3 rings (SSSR count). The fraction of sp³-hybridized carbons (Fsp3) is 0.120. The van der Waals surface area contributed by atoms with Crippen LogP contribution in [0.4, 0.5) is 11.4 Å². The largest absolute Gasteiger partial charge is 0.505 e. The van der Waals surface area contributed by atoms with Gasteiger partial charge in [0.1, 0.15) is 5.75 Å². The molecule has 0 aliphatic carbocycles. The molecule has 0 atom stereocenters. The number of rotatable bonds is 7. The summed E-state index contributed by atoms with van der Waals surface area (Å²) in [6, 6.07) is 16.5. The number of phenols is 1. The Morgan fingerprint density at radius 2 is 1.70 bits per heavy atom. The molecule has 3 aromatic rings. The summed E-state index contributed by atoms with van der Waals surface area (Å²) in [6.45, 7) is 5.34. The fourth-order valence-electron chi connectivity index (χ4n) is 3.12. The lowest BCUT2D eigenvalue weighted by atomic mass is 10.0. The zero-order valence-electron chi connectivity index (χ0n) is 18.4. The molecule has 0 unspecified atom stereocenters. The first-order chi connectivity index (χ1) is 15.7. The zero-order chi connectivity index (χ0) is 24.1. The number of carboxylic acids is 1. The van der Waals surface area contributed by atoms with Crippen LogP contribution in [-0.4, -0.2) is 33.5 Å². The maximum Gasteiger partial charge on any atom is 0.335 e. The molecule has 33 heavy (non-hydrogen) atoms. The molecule has 0 spiro atoms. The minimum Gasteiger partial charge on any atom is -0.505 e. The third-order valence-corrected chi connectivity index (χ3v) is 5.08. The maximum absolute atomic E-state index is 12.7. The van der Waals surface area contributed by atoms with E-state index in [1.807, 2.05) is 26.0 Å². The van der Waals surface area contributed by atoms with Gasteiger partial charge in [0.15, 0.2) is 5.71 Å². The average molecular weight is 444 g/mol. The summed E-state index contributed by atoms with van der Waals surface area (Å²) in [4.78, 5) is 24.0. The molecule has 0 bridgehead atoms. The van der Waals surface area contributed by atoms with Gasteiger partial charge in [0, 0.05) is 11.3 Å². The molecule has 0 aromatic heterocycles. The van der Waals surface area contributed by atoms with E-state index in [4.69, 9.17) is 5.41 Å². The Morgan fingerprint density at radius 1 is 0.970 bits per heavy atom. The zero-order valence-corrected chi connectivity index (χ0v) is 18.4. The molecule has 0 aliphatic heterocycles. The van der Waals surface area contributed by atoms with Gasteiger partial charge in [-0.3, -0.25) is 10.2 Å². The molecule has 8 nitrogen and oxygen atoms in total. The summed E-state index contributed by atoms with van der Waals surface area (Å²) in [6.07, 6.45) is 0. The number of benzene rings is 3. The molecule has 0 heterocycles. The number of aromatic hydroxyl groups is 1. The van der Waals surface area contributed by atoms with E-state index in [1.165, 1.54) is 19.1 Å². The molecule has 0 saturated carbocycles. The highest BCUT2D eigenvalue weighted by atomic mass is 16.4. The van der Waals surface area contributed by atoms with Gasteiger partial charge in [-0.25, -0.2) is 4.79 Å². The first kappa shape index (κ1) is 23.2. The summed E-state index contributed by atoms with van der Waals surface area (Å²) < 4.78 is 0. The number of phenolic OH excluding ortho intramolecular Hbond substituents is 1. The van der Waals surface area contributed by atoms with Crippen LogP contribution in [0.5, 0.6) is 5.75 Å². The van der Waals surface area contributed by atoms with Crippen molar-refractivity contribution in [3.8, 4) is 16.9 Å². The lowest BCUT2D eigenvalue weighted by molar-refractivity contribution is -0.110. The van der Waals surface area contributed by atoms with Crippen molar-refractivity contribution in [2.75, 3.05) is 10.7 Å². The van der Waals surface area contributed by atoms with Gasteiger partial charge in [-0.2, -0.15) is 5.10 Å². The monoisotopic (exact) mass is 444 g/mol. The highest BCUT2D eigenvalue weighted by Gasteiger charge is 2.16. The molecule has 3 aromatic carbocycles. The van der Waals surface area contributed by atoms with Crippen molar-refractivity contribution in [3.05, 3.63) is 77.4 Å². The first-order valence-corrected chi connectivity index (χ1v) is 10.1. The molecule has 1 amide bonds. The molecule has 0 radical (unpaired) electrons. The van der Waals surface area contributed by atoms with E-state index in [1.54, 1.807) is 36.4 Å². The minimum atomic E-state index is -1.07. The molecular formula is C25H24N4O4. The third-order valence-electron chi connectivity index (χ3n) is 5.08. The number of carboxylic acid groups (broad SMARTS) is 1. The lowest BCUT2D eigenvalue weighted by Gasteiger charge is -2.12. The summed E-state index contributed by atoms with van der Waals surface area (Å²) in [5.41, 5.74) is 6.33. The second-order valence-corrected chi connectivity index (χ2v) is 7.54. The number of hydrogen-bond donors (Lipinski definition) is 5. The first-order valence-electron chi connectivity index (χ1n) is 10.1. The van der Waals surface area contributed by atoms with Crippen LogP contribution in [0.3, 0.4) is 0 Å². The van der Waals surface area contributed by atoms with Crippen LogP contribution in [-0.2, 0) is 4.79 Å². The van der Waals surface area contributed by atoms with Crippen molar-refractivity contribution < 1.29 is 19.8 Å². The second-order valence-electron chi connectivity index (χ2n) is 7.54. The van der Waals surface area contributed by atoms with Crippen molar-refractivity contribution in [2.45, 2.75) is 20.8 Å². The van der Waals surface area contributed by atoms with Crippen molar-refractivity contribution in [1.29, 1.82) is 5.41 Å². The summed E-state index contributed by atoms with van der Waals surface area (Å²) >= 11 is 0. The smallest absolute Gasteiger partial charge is 0.335 e. The van der Waals surface area contributed by atoms with E-state index < -0.39 is 11.9 Å². The number of anilines is 2. The van der Waals surface area contributed by atoms with Crippen LogP contribution in [0.15, 0.2) is 65.8 Å². The number of para-hydroxylation sites is 1. The van der Waals surface area contributed by atoms with Crippen LogP contribution in [0.2, 0.25) is 0 Å². The van der Waals surface area contributed by atoms with Gasteiger partial charge in [-0.15, -0.1) is 0 Å². The number of nitrogens with zero attached hydrogens (tertiary/aromatic N) is 1. The maximum atomic E-state index is 12.7. The topological polar surface area (TPSA) is 135 Å². The lowest BCUT2D eigenvalue weighted by Crippen LogP contribution is -2.29. The molecule has 168 valence electrons. The number of hydrazone groups is 1. The summed E-state index contributed by atoms with van der Waals surface area (Å²) in [7, 11) is 0. The molecule has 0 aliphatic rings. The van der Waals surface area contributed by atoms with E-state index in [9.17, 15) is 19.8 Å². The van der Waals surface area contributed by atoms with E-state index in [0.29, 0.717) is 16.8 Å². The van der Waals surface area contributed by atoms with Gasteiger partial charge >= 0.3 is 5.97 Å². The molecule has 8 heteroatoms. The van der Waals surface area contributed by atoms with Gasteiger partial charge in [0.25, 0.3) is 5.91 Å². The Kier molecular flexibility index (Phi) is 6.88. The van der Waals surface area contributed by atoms with Gasteiger partial charge < -0.3 is 20.9 Å². The van der Waals surface area contributed by atoms with Crippen LogP contribution < -0.4 is 10.7 Å². The molecular weight excluding hydrogens is 420 g/mol. The van der Waals surface area contributed by atoms with Gasteiger partial charge in [0.05, 0.1) is 17.0 Å². The predicted octanol–water partition coefficient (Wildman–Crippen LogP) is 4.82. The van der Waals surface area contributed by atoms with E-state index in [0.717, 1.165) is 11.1 Å². The molecule has 0 fully saturated rings. The number of nitrogens with one attached hydrogen (secondary N) is 3. The number of amides is 1. The molecule has 5 N–H and O–H groups in total. The van der Waals surface area contributed by atoms with Crippen molar-refractivity contribution in [1.82, 2.24) is 0 Å². The highest BCUT2D eigenvalue weighted by Crippen LogP contribution is 2.35. The Morgan fingerprint density at radius 3 is 2.36 bits per heavy atom. The number of carbonyl (C=O) groups excluding carboxylic acids is 1. The van der Waals surface area contributed by atoms with Crippen LogP contribution in [0.1, 0.15) is 28.4 Å². The Labute approximate surface area is 191 Å². The SMILES string of the molecule is CC(=N)/C(=N/Nc1cccc(-c2cccc(C(=O)O)c2)c1O)C(=O)Nc1ccc(C)c(C)c1. The van der Waals surface area contributed by atoms with Crippen LogP contribution in [0.25, 0.3) is 11.1 Å². The van der Waals surface area contributed by atoms with Crippen LogP contribution in [0, 0.1) is 19.3 Å². The number of aryl methyl sites for hydroxylation is 2. The minimum absolute atomic E-state index is 0.0614. The van der Waals surface area contributed by atoms with E-state index >= 15 is 0 Å². The number of hydrogen-bond acceptors (Lipinski definition) is 6. The average Bonchev–Trinajstić information content (AvgIpc) is 2.77. The van der Waals surface area contributed by atoms with Crippen molar-refractivity contribution in [3.63, 3.8) is 0 Å². The summed E-state index contributed by atoms with van der Waals surface area (Å²) in [5, 5.41) is 34.6. The second kappa shape index (κ2) is 9.78.